The van der Waals surface area contributed by atoms with Crippen LogP contribution in [0.25, 0.3) is 6.08 Å². The van der Waals surface area contributed by atoms with E-state index in [4.69, 9.17) is 9.84 Å². The summed E-state index contributed by atoms with van der Waals surface area (Å²) in [6, 6.07) is 4.37. The summed E-state index contributed by atoms with van der Waals surface area (Å²) in [5.41, 5.74) is 0.487. The summed E-state index contributed by atoms with van der Waals surface area (Å²) in [4.78, 5) is 12.4. The van der Waals surface area contributed by atoms with E-state index in [-0.39, 0.29) is 5.75 Å². The molecule has 1 rings (SSSR count). The Morgan fingerprint density at radius 3 is 2.79 bits per heavy atom. The molecule has 0 fully saturated rings. The topological polar surface area (TPSA) is 49.8 Å². The lowest BCUT2D eigenvalue weighted by Gasteiger charge is -2.11. The van der Waals surface area contributed by atoms with Gasteiger partial charge in [-0.25, -0.2) is 9.18 Å². The third-order valence-electron chi connectivity index (χ3n) is 2.38. The second-order valence-electron chi connectivity index (χ2n) is 4.37. The molecule has 0 unspecified atom stereocenters. The monoisotopic (exact) mass is 267 g/mol. The molecule has 104 valence electrons. The molecule has 0 amide bonds. The normalized spacial score (nSPS) is 11.2. The second kappa shape index (κ2) is 7.53. The minimum atomic E-state index is -1.07. The summed E-state index contributed by atoms with van der Waals surface area (Å²) in [6.45, 7) is 1.32. The highest BCUT2D eigenvalue weighted by Gasteiger charge is 2.04. The summed E-state index contributed by atoms with van der Waals surface area (Å²) in [5, 5.41) is 8.48. The Bertz CT molecular complexity index is 458. The number of benzene rings is 1. The first-order chi connectivity index (χ1) is 8.99. The Morgan fingerprint density at radius 2 is 2.21 bits per heavy atom. The molecular weight excluding hydrogens is 249 g/mol. The van der Waals surface area contributed by atoms with Crippen molar-refractivity contribution in [1.82, 2.24) is 4.90 Å². The van der Waals surface area contributed by atoms with Gasteiger partial charge in [0.15, 0.2) is 11.6 Å². The van der Waals surface area contributed by atoms with E-state index < -0.39 is 11.8 Å². The highest BCUT2D eigenvalue weighted by molar-refractivity contribution is 5.85. The van der Waals surface area contributed by atoms with Crippen molar-refractivity contribution in [2.24, 2.45) is 0 Å². The van der Waals surface area contributed by atoms with E-state index >= 15 is 0 Å². The predicted octanol–water partition coefficient (Wildman–Crippen LogP) is 2.25. The van der Waals surface area contributed by atoms with E-state index in [0.717, 1.165) is 19.0 Å². The van der Waals surface area contributed by atoms with Gasteiger partial charge in [-0.15, -0.1) is 0 Å². The lowest BCUT2D eigenvalue weighted by atomic mass is 10.2. The summed E-state index contributed by atoms with van der Waals surface area (Å²) in [7, 11) is 3.92. The lowest BCUT2D eigenvalue weighted by Crippen LogP contribution is -2.15. The Labute approximate surface area is 112 Å². The Morgan fingerprint density at radius 1 is 1.47 bits per heavy atom. The average Bonchev–Trinajstić information content (AvgIpc) is 2.33. The zero-order valence-corrected chi connectivity index (χ0v) is 11.1. The Kier molecular flexibility index (Phi) is 6.02. The van der Waals surface area contributed by atoms with Crippen molar-refractivity contribution >= 4 is 12.0 Å². The molecule has 1 N–H and O–H groups in total. The van der Waals surface area contributed by atoms with Crippen LogP contribution in [0.1, 0.15) is 12.0 Å². The van der Waals surface area contributed by atoms with Crippen LogP contribution in [0, 0.1) is 5.82 Å². The molecule has 0 aromatic heterocycles. The van der Waals surface area contributed by atoms with Crippen LogP contribution in [0.5, 0.6) is 5.75 Å². The van der Waals surface area contributed by atoms with Gasteiger partial charge in [-0.3, -0.25) is 0 Å². The number of rotatable bonds is 7. The number of aliphatic carboxylic acids is 1. The zero-order chi connectivity index (χ0) is 14.3. The number of carboxylic acid groups (broad SMARTS) is 1. The van der Waals surface area contributed by atoms with Gasteiger partial charge < -0.3 is 14.7 Å². The molecule has 0 aliphatic carbocycles. The maximum atomic E-state index is 13.6. The molecule has 0 saturated heterocycles. The van der Waals surface area contributed by atoms with Gasteiger partial charge in [0, 0.05) is 12.6 Å². The SMILES string of the molecule is CN(C)CCCOc1ccc(/C=C/C(=O)O)cc1F. The maximum absolute atomic E-state index is 13.6. The van der Waals surface area contributed by atoms with Crippen LogP contribution >= 0.6 is 0 Å². The standard InChI is InChI=1S/C14H18FNO3/c1-16(2)8-3-9-19-13-6-4-11(10-12(13)15)5-7-14(17)18/h4-7,10H,3,8-9H2,1-2H3,(H,17,18)/b7-5+. The van der Waals surface area contributed by atoms with E-state index in [1.165, 1.54) is 18.2 Å². The number of carbonyl (C=O) groups is 1. The van der Waals surface area contributed by atoms with Gasteiger partial charge in [0.2, 0.25) is 0 Å². The molecule has 0 atom stereocenters. The lowest BCUT2D eigenvalue weighted by molar-refractivity contribution is -0.131. The van der Waals surface area contributed by atoms with E-state index in [9.17, 15) is 9.18 Å². The van der Waals surface area contributed by atoms with Crippen molar-refractivity contribution in [3.05, 3.63) is 35.7 Å². The second-order valence-corrected chi connectivity index (χ2v) is 4.37. The van der Waals surface area contributed by atoms with Gasteiger partial charge in [0.25, 0.3) is 0 Å². The molecule has 0 spiro atoms. The molecule has 1 aromatic rings. The number of hydrogen-bond acceptors (Lipinski definition) is 3. The van der Waals surface area contributed by atoms with Crippen molar-refractivity contribution in [3.8, 4) is 5.75 Å². The molecule has 0 radical (unpaired) electrons. The number of hydrogen-bond donors (Lipinski definition) is 1. The number of nitrogens with zero attached hydrogens (tertiary/aromatic N) is 1. The van der Waals surface area contributed by atoms with Gasteiger partial charge in [0.1, 0.15) is 0 Å². The van der Waals surface area contributed by atoms with Crippen LogP contribution in [0.3, 0.4) is 0 Å². The Hall–Kier alpha value is -1.88. The van der Waals surface area contributed by atoms with Crippen molar-refractivity contribution in [1.29, 1.82) is 0 Å². The van der Waals surface area contributed by atoms with Gasteiger partial charge in [-0.1, -0.05) is 6.07 Å². The number of halogens is 1. The molecule has 0 aliphatic rings. The Balaban J connectivity index is 2.55. The van der Waals surface area contributed by atoms with Crippen LogP contribution < -0.4 is 4.74 Å². The van der Waals surface area contributed by atoms with E-state index in [2.05, 4.69) is 0 Å². The fraction of sp³-hybridized carbons (Fsp3) is 0.357. The quantitative estimate of drug-likeness (QED) is 0.608. The molecule has 19 heavy (non-hydrogen) atoms. The fourth-order valence-corrected chi connectivity index (χ4v) is 1.47. The molecule has 0 bridgehead atoms. The van der Waals surface area contributed by atoms with Crippen molar-refractivity contribution in [3.63, 3.8) is 0 Å². The molecule has 0 heterocycles. The van der Waals surface area contributed by atoms with E-state index in [1.54, 1.807) is 6.07 Å². The highest BCUT2D eigenvalue weighted by atomic mass is 19.1. The average molecular weight is 267 g/mol. The predicted molar refractivity (Wildman–Crippen MR) is 71.7 cm³/mol. The first-order valence-electron chi connectivity index (χ1n) is 5.97. The first kappa shape index (κ1) is 15.2. The largest absolute Gasteiger partial charge is 0.490 e. The van der Waals surface area contributed by atoms with E-state index in [0.29, 0.717) is 12.2 Å². The molecule has 0 aliphatic heterocycles. The number of carboxylic acids is 1. The van der Waals surface area contributed by atoms with Crippen molar-refractivity contribution < 1.29 is 19.0 Å². The first-order valence-corrected chi connectivity index (χ1v) is 5.97. The third-order valence-corrected chi connectivity index (χ3v) is 2.38. The molecule has 0 saturated carbocycles. The maximum Gasteiger partial charge on any atom is 0.328 e. The minimum absolute atomic E-state index is 0.186. The minimum Gasteiger partial charge on any atom is -0.490 e. The van der Waals surface area contributed by atoms with Crippen LogP contribution in [0.2, 0.25) is 0 Å². The van der Waals surface area contributed by atoms with Crippen LogP contribution in [0.4, 0.5) is 4.39 Å². The van der Waals surface area contributed by atoms with Crippen LogP contribution in [-0.4, -0.2) is 43.2 Å². The fourth-order valence-electron chi connectivity index (χ4n) is 1.47. The summed E-state index contributed by atoms with van der Waals surface area (Å²) in [5.74, 6) is -1.37. The highest BCUT2D eigenvalue weighted by Crippen LogP contribution is 2.19. The third kappa shape index (κ3) is 6.01. The van der Waals surface area contributed by atoms with Crippen LogP contribution in [-0.2, 0) is 4.79 Å². The smallest absolute Gasteiger partial charge is 0.328 e. The van der Waals surface area contributed by atoms with Crippen molar-refractivity contribution in [2.45, 2.75) is 6.42 Å². The van der Waals surface area contributed by atoms with Gasteiger partial charge in [-0.05, 0) is 44.3 Å². The van der Waals surface area contributed by atoms with E-state index in [1.807, 2.05) is 19.0 Å². The van der Waals surface area contributed by atoms with Gasteiger partial charge in [-0.2, -0.15) is 0 Å². The van der Waals surface area contributed by atoms with Crippen molar-refractivity contribution in [2.75, 3.05) is 27.2 Å². The zero-order valence-electron chi connectivity index (χ0n) is 11.1. The van der Waals surface area contributed by atoms with Gasteiger partial charge in [0.05, 0.1) is 6.61 Å². The van der Waals surface area contributed by atoms with Gasteiger partial charge >= 0.3 is 5.97 Å². The molecule has 4 nitrogen and oxygen atoms in total. The number of ether oxygens (including phenoxy) is 1. The molecule has 1 aromatic carbocycles. The summed E-state index contributed by atoms with van der Waals surface area (Å²) in [6.07, 6.45) is 3.11. The molecular formula is C14H18FNO3. The van der Waals surface area contributed by atoms with Crippen LogP contribution in [0.15, 0.2) is 24.3 Å². The summed E-state index contributed by atoms with van der Waals surface area (Å²) >= 11 is 0. The summed E-state index contributed by atoms with van der Waals surface area (Å²) < 4.78 is 19.0. The molecule has 5 heteroatoms.